The first kappa shape index (κ1) is 19.8. The molecule has 0 radical (unpaired) electrons. The number of halogens is 1. The highest BCUT2D eigenvalue weighted by atomic mass is 35.5. The van der Waals surface area contributed by atoms with E-state index in [1.807, 2.05) is 46.8 Å². The van der Waals surface area contributed by atoms with Gasteiger partial charge in [-0.25, -0.2) is 4.68 Å². The number of fused-ring (bicyclic) bond motifs is 1. The van der Waals surface area contributed by atoms with Crippen molar-refractivity contribution in [2.45, 2.75) is 32.7 Å². The normalized spacial score (nSPS) is 16.9. The average molecular weight is 416 g/mol. The Morgan fingerprint density at radius 3 is 2.55 bits per heavy atom. The smallest absolute Gasteiger partial charge is 0.229 e. The minimum atomic E-state index is 0.112. The van der Waals surface area contributed by atoms with Crippen LogP contribution in [0.2, 0.25) is 5.02 Å². The summed E-state index contributed by atoms with van der Waals surface area (Å²) in [6, 6.07) is 9.76. The third-order valence-electron chi connectivity index (χ3n) is 5.59. The maximum Gasteiger partial charge on any atom is 0.229 e. The molecule has 0 spiro atoms. The summed E-state index contributed by atoms with van der Waals surface area (Å²) in [6.45, 7) is 6.19. The number of amides is 2. The van der Waals surface area contributed by atoms with Gasteiger partial charge in [-0.1, -0.05) is 11.6 Å². The zero-order valence-corrected chi connectivity index (χ0v) is 17.4. The van der Waals surface area contributed by atoms with Gasteiger partial charge in [0.1, 0.15) is 5.82 Å². The largest absolute Gasteiger partial charge is 0.368 e. The van der Waals surface area contributed by atoms with Gasteiger partial charge in [-0.2, -0.15) is 5.10 Å². The lowest BCUT2D eigenvalue weighted by Gasteiger charge is -2.36. The van der Waals surface area contributed by atoms with Crippen LogP contribution < -0.4 is 9.80 Å². The van der Waals surface area contributed by atoms with Gasteiger partial charge in [0, 0.05) is 62.3 Å². The fourth-order valence-electron chi connectivity index (χ4n) is 4.03. The quantitative estimate of drug-likeness (QED) is 0.753. The Morgan fingerprint density at radius 2 is 1.83 bits per heavy atom. The van der Waals surface area contributed by atoms with Crippen molar-refractivity contribution in [2.24, 2.45) is 0 Å². The van der Waals surface area contributed by atoms with Crippen molar-refractivity contribution in [3.8, 4) is 0 Å². The fraction of sp³-hybridized carbons (Fsp3) is 0.476. The van der Waals surface area contributed by atoms with Crippen LogP contribution in [0, 0.1) is 6.92 Å². The standard InChI is InChI=1S/C21H26ClN5O2/c1-16-15-19-26(21(29)8-10-27(19)23-16)9-2-3-20(28)25-13-11-24(12-14-25)18-6-4-17(22)5-7-18/h4-7,15H,2-3,8-14H2,1H3. The molecule has 0 aliphatic carbocycles. The molecular weight excluding hydrogens is 390 g/mol. The summed E-state index contributed by atoms with van der Waals surface area (Å²) in [6.07, 6.45) is 1.58. The van der Waals surface area contributed by atoms with Gasteiger partial charge in [0.05, 0.1) is 12.2 Å². The Labute approximate surface area is 175 Å². The zero-order valence-electron chi connectivity index (χ0n) is 16.7. The Morgan fingerprint density at radius 1 is 1.10 bits per heavy atom. The highest BCUT2D eigenvalue weighted by Gasteiger charge is 2.26. The van der Waals surface area contributed by atoms with Gasteiger partial charge in [0.2, 0.25) is 11.8 Å². The lowest BCUT2D eigenvalue weighted by atomic mass is 10.2. The lowest BCUT2D eigenvalue weighted by molar-refractivity contribution is -0.131. The summed E-state index contributed by atoms with van der Waals surface area (Å²) in [5.41, 5.74) is 2.05. The minimum Gasteiger partial charge on any atom is -0.368 e. The minimum absolute atomic E-state index is 0.112. The molecule has 1 aromatic heterocycles. The van der Waals surface area contributed by atoms with Gasteiger partial charge in [0.15, 0.2) is 0 Å². The average Bonchev–Trinajstić information content (AvgIpc) is 3.11. The van der Waals surface area contributed by atoms with Gasteiger partial charge >= 0.3 is 0 Å². The second kappa shape index (κ2) is 8.45. The highest BCUT2D eigenvalue weighted by molar-refractivity contribution is 6.30. The molecule has 2 aliphatic heterocycles. The van der Waals surface area contributed by atoms with E-state index in [1.165, 1.54) is 0 Å². The number of aromatic nitrogens is 2. The molecule has 0 saturated carbocycles. The van der Waals surface area contributed by atoms with Crippen molar-refractivity contribution in [3.05, 3.63) is 41.0 Å². The van der Waals surface area contributed by atoms with Crippen LogP contribution in [-0.2, 0) is 16.1 Å². The SMILES string of the molecule is Cc1cc2n(n1)CCC(=O)N2CCCC(=O)N1CCN(c2ccc(Cl)cc2)CC1. The van der Waals surface area contributed by atoms with Crippen molar-refractivity contribution in [1.29, 1.82) is 0 Å². The molecule has 2 aliphatic rings. The first-order chi connectivity index (χ1) is 14.0. The Bertz CT molecular complexity index is 887. The maximum atomic E-state index is 12.6. The number of nitrogens with zero attached hydrogens (tertiary/aromatic N) is 5. The number of carbonyl (C=O) groups excluding carboxylic acids is 2. The number of carbonyl (C=O) groups is 2. The highest BCUT2D eigenvalue weighted by Crippen LogP contribution is 2.23. The molecule has 1 aromatic carbocycles. The molecule has 1 fully saturated rings. The van der Waals surface area contributed by atoms with Crippen molar-refractivity contribution in [3.63, 3.8) is 0 Å². The topological polar surface area (TPSA) is 61.7 Å². The number of benzene rings is 1. The predicted molar refractivity (Wildman–Crippen MR) is 113 cm³/mol. The predicted octanol–water partition coefficient (Wildman–Crippen LogP) is 2.71. The molecular formula is C21H26ClN5O2. The van der Waals surface area contributed by atoms with Gasteiger partial charge in [-0.05, 0) is 37.6 Å². The molecule has 0 bridgehead atoms. The summed E-state index contributed by atoms with van der Waals surface area (Å²) in [7, 11) is 0. The molecule has 8 heteroatoms. The van der Waals surface area contributed by atoms with E-state index in [0.717, 1.165) is 48.4 Å². The molecule has 2 aromatic rings. The van der Waals surface area contributed by atoms with E-state index in [-0.39, 0.29) is 11.8 Å². The summed E-state index contributed by atoms with van der Waals surface area (Å²) < 4.78 is 1.88. The van der Waals surface area contributed by atoms with Crippen LogP contribution in [-0.4, -0.2) is 59.2 Å². The van der Waals surface area contributed by atoms with E-state index < -0.39 is 0 Å². The van der Waals surface area contributed by atoms with E-state index >= 15 is 0 Å². The van der Waals surface area contributed by atoms with Crippen LogP contribution in [0.25, 0.3) is 0 Å². The van der Waals surface area contributed by atoms with Crippen LogP contribution in [0.5, 0.6) is 0 Å². The molecule has 3 heterocycles. The van der Waals surface area contributed by atoms with Crippen molar-refractivity contribution in [1.82, 2.24) is 14.7 Å². The fourth-order valence-corrected chi connectivity index (χ4v) is 4.16. The van der Waals surface area contributed by atoms with E-state index in [1.54, 1.807) is 4.90 Å². The second-order valence-corrected chi connectivity index (χ2v) is 8.05. The Kier molecular flexibility index (Phi) is 5.76. The summed E-state index contributed by atoms with van der Waals surface area (Å²) in [5.74, 6) is 1.12. The molecule has 7 nitrogen and oxygen atoms in total. The molecule has 0 atom stereocenters. The lowest BCUT2D eigenvalue weighted by Crippen LogP contribution is -2.49. The second-order valence-electron chi connectivity index (χ2n) is 7.61. The summed E-state index contributed by atoms with van der Waals surface area (Å²) in [4.78, 5) is 30.9. The van der Waals surface area contributed by atoms with Gasteiger partial charge in [-0.15, -0.1) is 0 Å². The number of hydrogen-bond acceptors (Lipinski definition) is 4. The van der Waals surface area contributed by atoms with Crippen molar-refractivity contribution >= 4 is 34.9 Å². The molecule has 2 amide bonds. The third-order valence-corrected chi connectivity index (χ3v) is 5.84. The molecule has 4 rings (SSSR count). The summed E-state index contributed by atoms with van der Waals surface area (Å²) >= 11 is 5.96. The van der Waals surface area contributed by atoms with E-state index in [9.17, 15) is 9.59 Å². The Balaban J connectivity index is 1.26. The van der Waals surface area contributed by atoms with E-state index in [2.05, 4.69) is 10.00 Å². The van der Waals surface area contributed by atoms with Gasteiger partial charge < -0.3 is 9.80 Å². The molecule has 29 heavy (non-hydrogen) atoms. The zero-order chi connectivity index (χ0) is 20.4. The van der Waals surface area contributed by atoms with Crippen LogP contribution in [0.3, 0.4) is 0 Å². The Hall–Kier alpha value is -2.54. The molecule has 0 N–H and O–H groups in total. The van der Waals surface area contributed by atoms with Crippen LogP contribution >= 0.6 is 11.6 Å². The van der Waals surface area contributed by atoms with E-state index in [0.29, 0.717) is 32.4 Å². The number of rotatable bonds is 5. The van der Waals surface area contributed by atoms with Gasteiger partial charge in [-0.3, -0.25) is 14.5 Å². The van der Waals surface area contributed by atoms with Crippen LogP contribution in [0.1, 0.15) is 25.0 Å². The number of piperazine rings is 1. The monoisotopic (exact) mass is 415 g/mol. The first-order valence-electron chi connectivity index (χ1n) is 10.1. The summed E-state index contributed by atoms with van der Waals surface area (Å²) in [5, 5.41) is 5.15. The van der Waals surface area contributed by atoms with Crippen molar-refractivity contribution in [2.75, 3.05) is 42.5 Å². The molecule has 154 valence electrons. The third kappa shape index (κ3) is 4.40. The maximum absolute atomic E-state index is 12.6. The molecule has 1 saturated heterocycles. The molecule has 0 unspecified atom stereocenters. The van der Waals surface area contributed by atoms with Crippen LogP contribution in [0.15, 0.2) is 30.3 Å². The van der Waals surface area contributed by atoms with Crippen molar-refractivity contribution < 1.29 is 9.59 Å². The number of hydrogen-bond donors (Lipinski definition) is 0. The van der Waals surface area contributed by atoms with Crippen LogP contribution in [0.4, 0.5) is 11.5 Å². The first-order valence-corrected chi connectivity index (χ1v) is 10.5. The number of anilines is 2. The number of aryl methyl sites for hydroxylation is 2. The van der Waals surface area contributed by atoms with Gasteiger partial charge in [0.25, 0.3) is 0 Å². The van der Waals surface area contributed by atoms with E-state index in [4.69, 9.17) is 11.6 Å².